The standard InChI is InChI=1S/C9H18O2/c1-6-7(11-5)8(10)9(2,3)4/h6,8,10H,1-5H3/b7-6+. The molecule has 0 fully saturated rings. The van der Waals surface area contributed by atoms with Crippen LogP contribution in [0.1, 0.15) is 27.7 Å². The van der Waals surface area contributed by atoms with Crippen molar-refractivity contribution in [3.8, 4) is 0 Å². The normalized spacial score (nSPS) is 16.4. The molecule has 0 radical (unpaired) electrons. The molecule has 2 heteroatoms. The Balaban J connectivity index is 4.34. The fraction of sp³-hybridized carbons (Fsp3) is 0.778. The highest BCUT2D eigenvalue weighted by Gasteiger charge is 2.25. The summed E-state index contributed by atoms with van der Waals surface area (Å²) in [4.78, 5) is 0. The van der Waals surface area contributed by atoms with Crippen molar-refractivity contribution in [3.63, 3.8) is 0 Å². The van der Waals surface area contributed by atoms with Gasteiger partial charge in [0.25, 0.3) is 0 Å². The van der Waals surface area contributed by atoms with E-state index in [1.807, 2.05) is 27.7 Å². The number of ether oxygens (including phenoxy) is 1. The first-order valence-corrected chi connectivity index (χ1v) is 3.81. The zero-order valence-corrected chi connectivity index (χ0v) is 8.01. The maximum Gasteiger partial charge on any atom is 0.120 e. The van der Waals surface area contributed by atoms with E-state index in [-0.39, 0.29) is 5.41 Å². The molecular formula is C9H18O2. The maximum atomic E-state index is 9.65. The molecule has 1 atom stereocenters. The van der Waals surface area contributed by atoms with Gasteiger partial charge in [-0.05, 0) is 18.4 Å². The molecule has 0 saturated carbocycles. The third kappa shape index (κ3) is 2.93. The van der Waals surface area contributed by atoms with E-state index in [0.717, 1.165) is 0 Å². The Morgan fingerprint density at radius 3 is 2.00 bits per heavy atom. The van der Waals surface area contributed by atoms with Crippen LogP contribution in [0.5, 0.6) is 0 Å². The summed E-state index contributed by atoms with van der Waals surface area (Å²) in [6, 6.07) is 0. The second-order valence-corrected chi connectivity index (χ2v) is 3.66. The fourth-order valence-electron chi connectivity index (χ4n) is 0.814. The summed E-state index contributed by atoms with van der Waals surface area (Å²) in [6.07, 6.45) is 1.27. The lowest BCUT2D eigenvalue weighted by atomic mass is 9.88. The van der Waals surface area contributed by atoms with Crippen LogP contribution in [0, 0.1) is 5.41 Å². The van der Waals surface area contributed by atoms with Crippen molar-refractivity contribution >= 4 is 0 Å². The van der Waals surface area contributed by atoms with Gasteiger partial charge in [0.1, 0.15) is 11.9 Å². The second-order valence-electron chi connectivity index (χ2n) is 3.66. The molecule has 0 heterocycles. The van der Waals surface area contributed by atoms with Crippen molar-refractivity contribution in [3.05, 3.63) is 11.8 Å². The number of hydrogen-bond acceptors (Lipinski definition) is 2. The Morgan fingerprint density at radius 1 is 1.45 bits per heavy atom. The Labute approximate surface area is 68.9 Å². The lowest BCUT2D eigenvalue weighted by Crippen LogP contribution is -2.28. The van der Waals surface area contributed by atoms with Crippen molar-refractivity contribution in [2.45, 2.75) is 33.8 Å². The summed E-state index contributed by atoms with van der Waals surface area (Å²) in [7, 11) is 1.57. The van der Waals surface area contributed by atoms with Crippen molar-refractivity contribution < 1.29 is 9.84 Å². The van der Waals surface area contributed by atoms with Gasteiger partial charge in [-0.15, -0.1) is 0 Å². The Bertz CT molecular complexity index is 142. The summed E-state index contributed by atoms with van der Waals surface area (Å²) < 4.78 is 5.00. The molecule has 0 aliphatic carbocycles. The molecule has 0 aliphatic rings. The fourth-order valence-corrected chi connectivity index (χ4v) is 0.814. The number of rotatable bonds is 2. The Morgan fingerprint density at radius 2 is 1.91 bits per heavy atom. The summed E-state index contributed by atoms with van der Waals surface area (Å²) >= 11 is 0. The molecule has 0 bridgehead atoms. The molecule has 1 N–H and O–H groups in total. The molecule has 11 heavy (non-hydrogen) atoms. The molecule has 0 rings (SSSR count). The average Bonchev–Trinajstić information content (AvgIpc) is 1.88. The molecule has 0 amide bonds. The molecule has 0 saturated heterocycles. The molecule has 0 spiro atoms. The molecule has 66 valence electrons. The SMILES string of the molecule is C/C=C(/OC)C(O)C(C)(C)C. The van der Waals surface area contributed by atoms with Crippen LogP contribution in [0.2, 0.25) is 0 Å². The monoisotopic (exact) mass is 158 g/mol. The predicted molar refractivity (Wildman–Crippen MR) is 46.2 cm³/mol. The molecule has 0 aromatic carbocycles. The highest BCUT2D eigenvalue weighted by Crippen LogP contribution is 2.24. The highest BCUT2D eigenvalue weighted by molar-refractivity contribution is 5.02. The van der Waals surface area contributed by atoms with Crippen molar-refractivity contribution in [2.75, 3.05) is 7.11 Å². The largest absolute Gasteiger partial charge is 0.499 e. The Kier molecular flexibility index (Phi) is 3.59. The predicted octanol–water partition coefficient (Wildman–Crippen LogP) is 1.94. The third-order valence-corrected chi connectivity index (χ3v) is 1.61. The molecule has 0 aliphatic heterocycles. The van der Waals surface area contributed by atoms with Crippen LogP contribution in [0.15, 0.2) is 11.8 Å². The van der Waals surface area contributed by atoms with Gasteiger partial charge in [-0.25, -0.2) is 0 Å². The van der Waals surface area contributed by atoms with Gasteiger partial charge in [0.05, 0.1) is 7.11 Å². The van der Waals surface area contributed by atoms with Crippen LogP contribution in [-0.2, 0) is 4.74 Å². The molecule has 0 aromatic heterocycles. The van der Waals surface area contributed by atoms with E-state index in [9.17, 15) is 5.11 Å². The van der Waals surface area contributed by atoms with Gasteiger partial charge in [-0.3, -0.25) is 0 Å². The van der Waals surface area contributed by atoms with Crippen LogP contribution >= 0.6 is 0 Å². The number of aliphatic hydroxyl groups is 1. The second kappa shape index (κ2) is 3.77. The molecule has 1 unspecified atom stereocenters. The van der Waals surface area contributed by atoms with Gasteiger partial charge >= 0.3 is 0 Å². The first-order chi connectivity index (χ1) is 4.93. The minimum atomic E-state index is -0.516. The molecular weight excluding hydrogens is 140 g/mol. The van der Waals surface area contributed by atoms with Crippen molar-refractivity contribution in [1.82, 2.24) is 0 Å². The van der Waals surface area contributed by atoms with Crippen molar-refractivity contribution in [2.24, 2.45) is 5.41 Å². The highest BCUT2D eigenvalue weighted by atomic mass is 16.5. The van der Waals surface area contributed by atoms with E-state index >= 15 is 0 Å². The van der Waals surface area contributed by atoms with Crippen LogP contribution in [-0.4, -0.2) is 18.3 Å². The zero-order chi connectivity index (χ0) is 9.07. The summed E-state index contributed by atoms with van der Waals surface area (Å²) in [5, 5.41) is 9.65. The van der Waals surface area contributed by atoms with E-state index in [1.165, 1.54) is 0 Å². The van der Waals surface area contributed by atoms with Gasteiger partial charge in [-0.2, -0.15) is 0 Å². The maximum absolute atomic E-state index is 9.65. The van der Waals surface area contributed by atoms with Gasteiger partial charge in [0.15, 0.2) is 0 Å². The first-order valence-electron chi connectivity index (χ1n) is 3.81. The van der Waals surface area contributed by atoms with Gasteiger partial charge in [0.2, 0.25) is 0 Å². The summed E-state index contributed by atoms with van der Waals surface area (Å²) in [6.45, 7) is 7.77. The van der Waals surface area contributed by atoms with E-state index in [1.54, 1.807) is 13.2 Å². The van der Waals surface area contributed by atoms with Crippen LogP contribution in [0.3, 0.4) is 0 Å². The minimum Gasteiger partial charge on any atom is -0.499 e. The number of aliphatic hydroxyl groups excluding tert-OH is 1. The lowest BCUT2D eigenvalue weighted by Gasteiger charge is -2.26. The van der Waals surface area contributed by atoms with Gasteiger partial charge < -0.3 is 9.84 Å². The van der Waals surface area contributed by atoms with Crippen LogP contribution in [0.25, 0.3) is 0 Å². The number of allylic oxidation sites excluding steroid dienone is 1. The zero-order valence-electron chi connectivity index (χ0n) is 8.01. The first kappa shape index (κ1) is 10.5. The number of hydrogen-bond donors (Lipinski definition) is 1. The van der Waals surface area contributed by atoms with Crippen molar-refractivity contribution in [1.29, 1.82) is 0 Å². The number of methoxy groups -OCH3 is 1. The molecule has 0 aromatic rings. The van der Waals surface area contributed by atoms with E-state index in [0.29, 0.717) is 5.76 Å². The van der Waals surface area contributed by atoms with Crippen LogP contribution in [0.4, 0.5) is 0 Å². The average molecular weight is 158 g/mol. The lowest BCUT2D eigenvalue weighted by molar-refractivity contribution is 0.0446. The van der Waals surface area contributed by atoms with Gasteiger partial charge in [-0.1, -0.05) is 20.8 Å². The van der Waals surface area contributed by atoms with E-state index in [4.69, 9.17) is 4.74 Å². The smallest absolute Gasteiger partial charge is 0.120 e. The summed E-state index contributed by atoms with van der Waals surface area (Å²) in [5.41, 5.74) is -0.155. The quantitative estimate of drug-likeness (QED) is 0.622. The third-order valence-electron chi connectivity index (χ3n) is 1.61. The topological polar surface area (TPSA) is 29.5 Å². The Hall–Kier alpha value is -0.500. The minimum absolute atomic E-state index is 0.155. The summed E-state index contributed by atoms with van der Waals surface area (Å²) in [5.74, 6) is 0.637. The van der Waals surface area contributed by atoms with E-state index < -0.39 is 6.10 Å². The van der Waals surface area contributed by atoms with Crippen LogP contribution < -0.4 is 0 Å². The molecule has 2 nitrogen and oxygen atoms in total. The van der Waals surface area contributed by atoms with E-state index in [2.05, 4.69) is 0 Å². The van der Waals surface area contributed by atoms with Gasteiger partial charge in [0, 0.05) is 0 Å².